The molecule has 2 N–H and O–H groups in total. The summed E-state index contributed by atoms with van der Waals surface area (Å²) < 4.78 is 48.0. The predicted molar refractivity (Wildman–Crippen MR) is 104 cm³/mol. The number of ether oxygens (including phenoxy) is 2. The van der Waals surface area contributed by atoms with Crippen LogP contribution in [0.15, 0.2) is 35.1 Å². The Hall–Kier alpha value is -3.08. The summed E-state index contributed by atoms with van der Waals surface area (Å²) >= 11 is 0. The van der Waals surface area contributed by atoms with Crippen LogP contribution in [0.4, 0.5) is 19.1 Å². The Morgan fingerprint density at radius 1 is 1.26 bits per heavy atom. The zero-order valence-corrected chi connectivity index (χ0v) is 16.6. The van der Waals surface area contributed by atoms with Crippen LogP contribution in [-0.4, -0.2) is 48.6 Å². The van der Waals surface area contributed by atoms with E-state index in [0.717, 1.165) is 12.5 Å². The first-order valence-electron chi connectivity index (χ1n) is 9.69. The number of benzene rings is 1. The first kappa shape index (κ1) is 21.2. The van der Waals surface area contributed by atoms with Crippen molar-refractivity contribution in [2.75, 3.05) is 31.7 Å². The van der Waals surface area contributed by atoms with Crippen LogP contribution in [0, 0.1) is 11.8 Å². The summed E-state index contributed by atoms with van der Waals surface area (Å²) in [6.45, 7) is 1.47. The molecule has 11 heteroatoms. The van der Waals surface area contributed by atoms with Crippen molar-refractivity contribution in [3.8, 4) is 5.75 Å². The lowest BCUT2D eigenvalue weighted by atomic mass is 10.1. The number of alkyl halides is 3. The molecule has 0 spiro atoms. The highest BCUT2D eigenvalue weighted by Gasteiger charge is 2.46. The Labute approximate surface area is 175 Å². The van der Waals surface area contributed by atoms with Crippen molar-refractivity contribution >= 4 is 11.9 Å². The number of methoxy groups -OCH3 is 1. The molecule has 1 amide bonds. The van der Waals surface area contributed by atoms with Gasteiger partial charge in [-0.05, 0) is 36.0 Å². The molecule has 166 valence electrons. The van der Waals surface area contributed by atoms with Crippen LogP contribution in [0.1, 0.15) is 28.5 Å². The van der Waals surface area contributed by atoms with E-state index in [1.807, 2.05) is 4.90 Å². The van der Waals surface area contributed by atoms with E-state index in [-0.39, 0.29) is 18.1 Å². The largest absolute Gasteiger partial charge is 0.573 e. The summed E-state index contributed by atoms with van der Waals surface area (Å²) in [6.07, 6.45) is -3.68. The molecule has 1 aromatic heterocycles. The van der Waals surface area contributed by atoms with Crippen molar-refractivity contribution < 1.29 is 27.4 Å². The summed E-state index contributed by atoms with van der Waals surface area (Å²) in [6, 6.07) is 5.60. The number of primary amides is 1. The molecule has 2 heterocycles. The minimum Gasteiger partial charge on any atom is -0.406 e. The number of carbonyl (C=O) groups is 1. The number of hydrogen-bond donors (Lipinski definition) is 1. The number of piperidine rings is 1. The lowest BCUT2D eigenvalue weighted by molar-refractivity contribution is -0.274. The molecule has 2 aromatic rings. The highest BCUT2D eigenvalue weighted by Crippen LogP contribution is 2.46. The van der Waals surface area contributed by atoms with E-state index in [0.29, 0.717) is 36.4 Å². The number of nitrogens with two attached hydrogens (primary N) is 1. The topological polar surface area (TPSA) is 99.7 Å². The molecule has 2 aliphatic rings. The minimum absolute atomic E-state index is 0.0602. The molecule has 4 rings (SSSR count). The van der Waals surface area contributed by atoms with Crippen molar-refractivity contribution in [2.24, 2.45) is 17.6 Å². The number of fused-ring (bicyclic) bond motifs is 1. The molecule has 8 nitrogen and oxygen atoms in total. The lowest BCUT2D eigenvalue weighted by Gasteiger charge is -2.28. The predicted octanol–water partition coefficient (Wildman–Crippen LogP) is 1.93. The second-order valence-corrected chi connectivity index (χ2v) is 7.76. The summed E-state index contributed by atoms with van der Waals surface area (Å²) in [7, 11) is 1.45. The first-order chi connectivity index (χ1) is 14.7. The number of amides is 1. The third-order valence-electron chi connectivity index (χ3n) is 5.58. The Morgan fingerprint density at radius 2 is 1.90 bits per heavy atom. The quantitative estimate of drug-likeness (QED) is 0.709. The average molecular weight is 438 g/mol. The van der Waals surface area contributed by atoms with Gasteiger partial charge < -0.3 is 20.1 Å². The van der Waals surface area contributed by atoms with Gasteiger partial charge in [0.25, 0.3) is 11.5 Å². The van der Waals surface area contributed by atoms with Crippen LogP contribution in [-0.2, 0) is 4.74 Å². The Morgan fingerprint density at radius 3 is 2.45 bits per heavy atom. The zero-order chi connectivity index (χ0) is 22.3. The van der Waals surface area contributed by atoms with Gasteiger partial charge in [-0.1, -0.05) is 12.1 Å². The fourth-order valence-corrected chi connectivity index (χ4v) is 4.05. The molecule has 0 bridgehead atoms. The second-order valence-electron chi connectivity index (χ2n) is 7.76. The monoisotopic (exact) mass is 438 g/mol. The summed E-state index contributed by atoms with van der Waals surface area (Å²) in [5.41, 5.74) is 5.24. The van der Waals surface area contributed by atoms with E-state index < -0.39 is 23.9 Å². The van der Waals surface area contributed by atoms with Gasteiger partial charge in [0.15, 0.2) is 0 Å². The van der Waals surface area contributed by atoms with E-state index in [2.05, 4.69) is 9.72 Å². The highest BCUT2D eigenvalue weighted by atomic mass is 19.4. The average Bonchev–Trinajstić information content (AvgIpc) is 3.30. The van der Waals surface area contributed by atoms with Gasteiger partial charge in [-0.15, -0.1) is 13.2 Å². The van der Waals surface area contributed by atoms with Gasteiger partial charge in [-0.2, -0.15) is 0 Å². The Kier molecular flexibility index (Phi) is 5.38. The number of carbonyl (C=O) groups excluding carboxylic acids is 1. The van der Waals surface area contributed by atoms with Crippen molar-refractivity contribution in [1.29, 1.82) is 0 Å². The highest BCUT2D eigenvalue weighted by molar-refractivity contribution is 5.90. The summed E-state index contributed by atoms with van der Waals surface area (Å²) in [5.74, 6) is 0.171. The molecular formula is C20H21F3N4O4. The molecule has 0 radical (unpaired) electrons. The number of nitrogens with zero attached hydrogens (tertiary/aromatic N) is 3. The van der Waals surface area contributed by atoms with Crippen LogP contribution >= 0.6 is 0 Å². The van der Waals surface area contributed by atoms with Crippen molar-refractivity contribution in [2.45, 2.75) is 18.8 Å². The van der Waals surface area contributed by atoms with Gasteiger partial charge in [0.1, 0.15) is 11.4 Å². The summed E-state index contributed by atoms with van der Waals surface area (Å²) in [5, 5.41) is 0. The standard InChI is InChI=1S/C20H21F3N4O4/c1-30-10-16(11-2-4-14(5-3-11)31-20(21,22)23)27-17(28)7-15(18(24)29)25-19(27)26-8-12-6-13(12)9-26/h2-5,7,12-13,16H,6,8-10H2,1H3,(H2,24,29)/t12?,13?,16-/m1/s1. The van der Waals surface area contributed by atoms with Crippen LogP contribution < -0.4 is 20.9 Å². The van der Waals surface area contributed by atoms with Crippen molar-refractivity contribution in [3.05, 3.63) is 51.9 Å². The molecule has 31 heavy (non-hydrogen) atoms. The molecule has 2 unspecified atom stereocenters. The second kappa shape index (κ2) is 7.88. The molecule has 3 atom stereocenters. The molecule has 1 aromatic carbocycles. The van der Waals surface area contributed by atoms with E-state index >= 15 is 0 Å². The lowest BCUT2D eigenvalue weighted by Crippen LogP contribution is -2.37. The number of halogens is 3. The SMILES string of the molecule is COC[C@H](c1ccc(OC(F)(F)F)cc1)n1c(N2CC3CC3C2)nc(C(N)=O)cc1=O. The molecule has 1 aliphatic carbocycles. The molecule has 1 aliphatic heterocycles. The molecule has 1 saturated heterocycles. The minimum atomic E-state index is -4.80. The molecular weight excluding hydrogens is 417 g/mol. The van der Waals surface area contributed by atoms with Crippen LogP contribution in [0.3, 0.4) is 0 Å². The van der Waals surface area contributed by atoms with E-state index in [1.165, 1.54) is 35.9 Å². The van der Waals surface area contributed by atoms with Crippen LogP contribution in [0.2, 0.25) is 0 Å². The third-order valence-corrected chi connectivity index (χ3v) is 5.58. The normalized spacial score (nSPS) is 21.0. The molecule has 1 saturated carbocycles. The first-order valence-corrected chi connectivity index (χ1v) is 9.69. The van der Waals surface area contributed by atoms with Gasteiger partial charge >= 0.3 is 6.36 Å². The van der Waals surface area contributed by atoms with Gasteiger partial charge in [0, 0.05) is 26.3 Å². The number of aromatic nitrogens is 2. The smallest absolute Gasteiger partial charge is 0.406 e. The number of anilines is 1. The number of rotatable bonds is 7. The fraction of sp³-hybridized carbons (Fsp3) is 0.450. The van der Waals surface area contributed by atoms with Gasteiger partial charge in [0.2, 0.25) is 5.95 Å². The number of hydrogen-bond acceptors (Lipinski definition) is 6. The zero-order valence-electron chi connectivity index (χ0n) is 16.6. The van der Waals surface area contributed by atoms with Crippen molar-refractivity contribution in [1.82, 2.24) is 9.55 Å². The maximum Gasteiger partial charge on any atom is 0.573 e. The van der Waals surface area contributed by atoms with Crippen molar-refractivity contribution in [3.63, 3.8) is 0 Å². The van der Waals surface area contributed by atoms with Gasteiger partial charge in [0.05, 0.1) is 12.6 Å². The van der Waals surface area contributed by atoms with Crippen LogP contribution in [0.25, 0.3) is 0 Å². The van der Waals surface area contributed by atoms with E-state index in [9.17, 15) is 22.8 Å². The molecule has 2 fully saturated rings. The van der Waals surface area contributed by atoms with Crippen LogP contribution in [0.5, 0.6) is 5.75 Å². The fourth-order valence-electron chi connectivity index (χ4n) is 4.05. The maximum absolute atomic E-state index is 13.0. The Bertz CT molecular complexity index is 1030. The van der Waals surface area contributed by atoms with Gasteiger partial charge in [-0.25, -0.2) is 4.98 Å². The Balaban J connectivity index is 1.75. The maximum atomic E-state index is 13.0. The third kappa shape index (κ3) is 4.50. The van der Waals surface area contributed by atoms with Gasteiger partial charge in [-0.3, -0.25) is 14.2 Å². The van der Waals surface area contributed by atoms with E-state index in [4.69, 9.17) is 10.5 Å². The summed E-state index contributed by atoms with van der Waals surface area (Å²) in [4.78, 5) is 31.0. The van der Waals surface area contributed by atoms with E-state index in [1.54, 1.807) is 0 Å².